The molecule has 0 saturated heterocycles. The SMILES string of the molecule is CC(C=CBr)CCCBr. The molecule has 1 atom stereocenters. The van der Waals surface area contributed by atoms with Gasteiger partial charge in [-0.05, 0) is 23.7 Å². The van der Waals surface area contributed by atoms with Crippen LogP contribution in [0.5, 0.6) is 0 Å². The van der Waals surface area contributed by atoms with Crippen molar-refractivity contribution in [2.45, 2.75) is 19.8 Å². The molecule has 0 aliphatic carbocycles. The van der Waals surface area contributed by atoms with Crippen molar-refractivity contribution < 1.29 is 0 Å². The van der Waals surface area contributed by atoms with Crippen LogP contribution < -0.4 is 0 Å². The fourth-order valence-electron chi connectivity index (χ4n) is 0.620. The first kappa shape index (κ1) is 9.70. The molecule has 2 heteroatoms. The van der Waals surface area contributed by atoms with Crippen LogP contribution in [0.2, 0.25) is 0 Å². The maximum Gasteiger partial charge on any atom is 0.00315 e. The summed E-state index contributed by atoms with van der Waals surface area (Å²) < 4.78 is 0. The van der Waals surface area contributed by atoms with Crippen LogP contribution in [-0.2, 0) is 0 Å². The van der Waals surface area contributed by atoms with Gasteiger partial charge in [-0.3, -0.25) is 0 Å². The van der Waals surface area contributed by atoms with E-state index in [-0.39, 0.29) is 0 Å². The van der Waals surface area contributed by atoms with E-state index in [1.54, 1.807) is 0 Å². The van der Waals surface area contributed by atoms with Crippen LogP contribution in [0.4, 0.5) is 0 Å². The summed E-state index contributed by atoms with van der Waals surface area (Å²) in [4.78, 5) is 1.94. The summed E-state index contributed by atoms with van der Waals surface area (Å²) >= 11 is 6.64. The normalized spacial score (nSPS) is 14.6. The summed E-state index contributed by atoms with van der Waals surface area (Å²) in [6.45, 7) is 2.22. The number of halogens is 2. The van der Waals surface area contributed by atoms with Crippen molar-refractivity contribution in [2.24, 2.45) is 5.92 Å². The molecule has 0 saturated carbocycles. The molecule has 0 aromatic rings. The summed E-state index contributed by atoms with van der Waals surface area (Å²) in [7, 11) is 0. The van der Waals surface area contributed by atoms with Crippen molar-refractivity contribution in [1.82, 2.24) is 0 Å². The maximum absolute atomic E-state index is 3.39. The minimum Gasteiger partial charge on any atom is -0.0928 e. The highest BCUT2D eigenvalue weighted by molar-refractivity contribution is 9.11. The molecule has 0 amide bonds. The number of hydrogen-bond acceptors (Lipinski definition) is 0. The lowest BCUT2D eigenvalue weighted by molar-refractivity contribution is 0.640. The van der Waals surface area contributed by atoms with Gasteiger partial charge in [0.1, 0.15) is 0 Å². The van der Waals surface area contributed by atoms with E-state index in [0.29, 0.717) is 5.92 Å². The van der Waals surface area contributed by atoms with Crippen LogP contribution in [0, 0.1) is 5.92 Å². The minimum absolute atomic E-state index is 0.710. The van der Waals surface area contributed by atoms with E-state index < -0.39 is 0 Å². The number of rotatable bonds is 4. The van der Waals surface area contributed by atoms with Gasteiger partial charge >= 0.3 is 0 Å². The van der Waals surface area contributed by atoms with Gasteiger partial charge in [0.05, 0.1) is 0 Å². The van der Waals surface area contributed by atoms with Crippen LogP contribution in [0.1, 0.15) is 19.8 Å². The molecule has 0 aliphatic heterocycles. The molecule has 0 N–H and O–H groups in total. The molecule has 0 fully saturated rings. The molecule has 9 heavy (non-hydrogen) atoms. The predicted octanol–water partition coefficient (Wildman–Crippen LogP) is 3.71. The minimum atomic E-state index is 0.710. The van der Waals surface area contributed by atoms with Crippen molar-refractivity contribution in [1.29, 1.82) is 0 Å². The molecular weight excluding hydrogens is 244 g/mol. The highest BCUT2D eigenvalue weighted by atomic mass is 79.9. The summed E-state index contributed by atoms with van der Waals surface area (Å²) in [5.74, 6) is 0.710. The van der Waals surface area contributed by atoms with Crippen LogP contribution in [0.3, 0.4) is 0 Å². The van der Waals surface area contributed by atoms with Crippen molar-refractivity contribution in [3.05, 3.63) is 11.1 Å². The third kappa shape index (κ3) is 6.59. The van der Waals surface area contributed by atoms with E-state index in [0.717, 1.165) is 5.33 Å². The third-order valence-electron chi connectivity index (χ3n) is 1.19. The lowest BCUT2D eigenvalue weighted by Gasteiger charge is -2.01. The Morgan fingerprint density at radius 1 is 1.56 bits per heavy atom. The van der Waals surface area contributed by atoms with Crippen molar-refractivity contribution in [3.63, 3.8) is 0 Å². The predicted molar refractivity (Wildman–Crippen MR) is 50.3 cm³/mol. The number of hydrogen-bond donors (Lipinski definition) is 0. The van der Waals surface area contributed by atoms with Crippen molar-refractivity contribution >= 4 is 31.9 Å². The average molecular weight is 256 g/mol. The monoisotopic (exact) mass is 254 g/mol. The first-order valence-electron chi connectivity index (χ1n) is 3.14. The van der Waals surface area contributed by atoms with Crippen LogP contribution >= 0.6 is 31.9 Å². The Labute approximate surface area is 74.0 Å². The molecule has 0 aromatic carbocycles. The van der Waals surface area contributed by atoms with Gasteiger partial charge in [0.2, 0.25) is 0 Å². The van der Waals surface area contributed by atoms with E-state index in [1.165, 1.54) is 12.8 Å². The zero-order valence-electron chi connectivity index (χ0n) is 5.61. The first-order chi connectivity index (χ1) is 4.31. The molecular formula is C7H12Br2. The van der Waals surface area contributed by atoms with Crippen LogP contribution in [-0.4, -0.2) is 5.33 Å². The first-order valence-corrected chi connectivity index (χ1v) is 5.17. The fourth-order valence-corrected chi connectivity index (χ4v) is 1.46. The van der Waals surface area contributed by atoms with Crippen LogP contribution in [0.25, 0.3) is 0 Å². The highest BCUT2D eigenvalue weighted by Crippen LogP contribution is 2.08. The smallest absolute Gasteiger partial charge is 0.00315 e. The van der Waals surface area contributed by atoms with Crippen molar-refractivity contribution in [2.75, 3.05) is 5.33 Å². The Bertz CT molecular complexity index is 79.0. The Hall–Kier alpha value is 0.700. The molecule has 0 bridgehead atoms. The molecule has 0 radical (unpaired) electrons. The zero-order chi connectivity index (χ0) is 7.11. The van der Waals surface area contributed by atoms with Crippen molar-refractivity contribution in [3.8, 4) is 0 Å². The van der Waals surface area contributed by atoms with Gasteiger partial charge in [-0.2, -0.15) is 0 Å². The van der Waals surface area contributed by atoms with Gasteiger partial charge in [-0.25, -0.2) is 0 Å². The van der Waals surface area contributed by atoms with E-state index in [9.17, 15) is 0 Å². The lowest BCUT2D eigenvalue weighted by atomic mass is 10.1. The maximum atomic E-state index is 3.39. The van der Waals surface area contributed by atoms with Gasteiger partial charge in [-0.1, -0.05) is 44.9 Å². The third-order valence-corrected chi connectivity index (χ3v) is 2.06. The average Bonchev–Trinajstić information content (AvgIpc) is 1.85. The molecule has 0 spiro atoms. The van der Waals surface area contributed by atoms with Gasteiger partial charge in [0, 0.05) is 5.33 Å². The quantitative estimate of drug-likeness (QED) is 0.672. The Morgan fingerprint density at radius 3 is 2.67 bits per heavy atom. The van der Waals surface area contributed by atoms with E-state index in [1.807, 2.05) is 4.99 Å². The van der Waals surface area contributed by atoms with Gasteiger partial charge < -0.3 is 0 Å². The summed E-state index contributed by atoms with van der Waals surface area (Å²) in [6, 6.07) is 0. The van der Waals surface area contributed by atoms with Gasteiger partial charge in [0.25, 0.3) is 0 Å². The Morgan fingerprint density at radius 2 is 2.22 bits per heavy atom. The fraction of sp³-hybridized carbons (Fsp3) is 0.714. The number of alkyl halides is 1. The second kappa shape index (κ2) is 6.81. The molecule has 54 valence electrons. The van der Waals surface area contributed by atoms with E-state index >= 15 is 0 Å². The molecule has 0 nitrogen and oxygen atoms in total. The molecule has 0 aromatic heterocycles. The summed E-state index contributed by atoms with van der Waals surface area (Å²) in [6.07, 6.45) is 4.70. The molecule has 0 aliphatic rings. The van der Waals surface area contributed by atoms with Crippen LogP contribution in [0.15, 0.2) is 11.1 Å². The molecule has 0 heterocycles. The van der Waals surface area contributed by atoms with Gasteiger partial charge in [-0.15, -0.1) is 0 Å². The Kier molecular flexibility index (Phi) is 7.34. The molecule has 0 rings (SSSR count). The largest absolute Gasteiger partial charge is 0.0928 e. The van der Waals surface area contributed by atoms with E-state index in [4.69, 9.17) is 0 Å². The second-order valence-electron chi connectivity index (χ2n) is 2.13. The standard InChI is InChI=1S/C7H12Br2/c1-7(4-6-9)3-2-5-8/h4,6-7H,2-3,5H2,1H3. The van der Waals surface area contributed by atoms with E-state index in [2.05, 4.69) is 44.9 Å². The number of allylic oxidation sites excluding steroid dienone is 1. The lowest BCUT2D eigenvalue weighted by Crippen LogP contribution is -1.88. The highest BCUT2D eigenvalue weighted by Gasteiger charge is 1.93. The van der Waals surface area contributed by atoms with Gasteiger partial charge in [0.15, 0.2) is 0 Å². The summed E-state index contributed by atoms with van der Waals surface area (Å²) in [5.41, 5.74) is 0. The zero-order valence-corrected chi connectivity index (χ0v) is 8.78. The Balaban J connectivity index is 3.15. The topological polar surface area (TPSA) is 0 Å². The second-order valence-corrected chi connectivity index (χ2v) is 3.45. The molecule has 1 unspecified atom stereocenters. The summed E-state index contributed by atoms with van der Waals surface area (Å²) in [5, 5.41) is 1.12.